The number of thiophene rings is 1. The van der Waals surface area contributed by atoms with E-state index in [0.717, 1.165) is 22.6 Å². The van der Waals surface area contributed by atoms with Crippen molar-refractivity contribution in [2.75, 3.05) is 13.1 Å². The Kier molecular flexibility index (Phi) is 5.18. The highest BCUT2D eigenvalue weighted by molar-refractivity contribution is 7.10. The number of fused-ring (bicyclic) bond motifs is 1. The van der Waals surface area contributed by atoms with Crippen molar-refractivity contribution in [3.05, 3.63) is 80.7 Å². The second-order valence-corrected chi connectivity index (χ2v) is 8.77. The van der Waals surface area contributed by atoms with Crippen LogP contribution in [0.5, 0.6) is 0 Å². The van der Waals surface area contributed by atoms with Crippen molar-refractivity contribution in [1.82, 2.24) is 4.90 Å². The van der Waals surface area contributed by atoms with Crippen LogP contribution in [-0.2, 0) is 6.54 Å². The van der Waals surface area contributed by atoms with Gasteiger partial charge >= 0.3 is 0 Å². The topological polar surface area (TPSA) is 101 Å². The van der Waals surface area contributed by atoms with Crippen molar-refractivity contribution in [1.29, 1.82) is 15.8 Å². The van der Waals surface area contributed by atoms with Gasteiger partial charge in [-0.25, -0.2) is 0 Å². The van der Waals surface area contributed by atoms with Gasteiger partial charge < -0.3 is 5.73 Å². The molecular formula is C24H21N5S. The number of nitrogens with two attached hydrogens (primary N) is 1. The summed E-state index contributed by atoms with van der Waals surface area (Å²) >= 11 is 1.55. The first-order valence-corrected chi connectivity index (χ1v) is 10.7. The Morgan fingerprint density at radius 1 is 1.17 bits per heavy atom. The number of benzene rings is 1. The number of allylic oxidation sites excluding steroid dienone is 2. The molecule has 2 N–H and O–H groups in total. The molecule has 5 nitrogen and oxygen atoms in total. The number of hydrogen-bond acceptors (Lipinski definition) is 6. The fraction of sp³-hybridized carbons (Fsp3) is 0.292. The Morgan fingerprint density at radius 2 is 1.90 bits per heavy atom. The van der Waals surface area contributed by atoms with Gasteiger partial charge in [-0.3, -0.25) is 4.90 Å². The maximum atomic E-state index is 10.2. The van der Waals surface area contributed by atoms with E-state index in [1.807, 2.05) is 36.6 Å². The summed E-state index contributed by atoms with van der Waals surface area (Å²) in [5.41, 5.74) is 8.32. The van der Waals surface area contributed by atoms with Crippen molar-refractivity contribution in [3.8, 4) is 18.2 Å². The van der Waals surface area contributed by atoms with Crippen LogP contribution in [0.3, 0.4) is 0 Å². The van der Waals surface area contributed by atoms with Gasteiger partial charge in [0.05, 0.1) is 23.4 Å². The van der Waals surface area contributed by atoms with E-state index >= 15 is 0 Å². The third kappa shape index (κ3) is 3.01. The maximum Gasteiger partial charge on any atom is 0.192 e. The zero-order valence-electron chi connectivity index (χ0n) is 16.7. The van der Waals surface area contributed by atoms with Crippen molar-refractivity contribution < 1.29 is 0 Å². The molecule has 4 rings (SSSR count). The van der Waals surface area contributed by atoms with Crippen molar-refractivity contribution in [3.63, 3.8) is 0 Å². The molecule has 2 aromatic rings. The van der Waals surface area contributed by atoms with E-state index < -0.39 is 11.3 Å². The van der Waals surface area contributed by atoms with Crippen LogP contribution in [0.15, 0.2) is 64.7 Å². The minimum Gasteiger partial charge on any atom is -0.399 e. The molecule has 1 aliphatic heterocycles. The zero-order valence-corrected chi connectivity index (χ0v) is 17.5. The van der Waals surface area contributed by atoms with E-state index in [2.05, 4.69) is 41.3 Å². The fourth-order valence-corrected chi connectivity index (χ4v) is 5.85. The van der Waals surface area contributed by atoms with Crippen LogP contribution in [0.1, 0.15) is 21.9 Å². The molecular weight excluding hydrogens is 390 g/mol. The lowest BCUT2D eigenvalue weighted by atomic mass is 9.59. The van der Waals surface area contributed by atoms with Crippen LogP contribution in [0.25, 0.3) is 0 Å². The van der Waals surface area contributed by atoms with Crippen LogP contribution in [-0.4, -0.2) is 18.0 Å². The summed E-state index contributed by atoms with van der Waals surface area (Å²) in [5.74, 6) is -0.560. The van der Waals surface area contributed by atoms with Gasteiger partial charge in [-0.15, -0.1) is 11.3 Å². The van der Waals surface area contributed by atoms with E-state index in [-0.39, 0.29) is 11.6 Å². The average molecular weight is 412 g/mol. The van der Waals surface area contributed by atoms with Crippen LogP contribution < -0.4 is 5.73 Å². The van der Waals surface area contributed by atoms with E-state index in [9.17, 15) is 15.8 Å². The molecule has 0 saturated carbocycles. The van der Waals surface area contributed by atoms with E-state index in [0.29, 0.717) is 18.7 Å². The molecule has 1 aromatic heterocycles. The molecule has 0 spiro atoms. The SMILES string of the molecule is Cc1ccsc1C1C2CN(Cc3ccccc3)CC=C2C(C#N)=C(N)C1(C#N)C#N. The number of aryl methyl sites for hydroxylation is 1. The third-order valence-electron chi connectivity index (χ3n) is 6.17. The van der Waals surface area contributed by atoms with Crippen LogP contribution >= 0.6 is 11.3 Å². The summed E-state index contributed by atoms with van der Waals surface area (Å²) in [6, 6.07) is 18.8. The van der Waals surface area contributed by atoms with Crippen molar-refractivity contribution in [2.45, 2.75) is 19.4 Å². The molecule has 6 heteroatoms. The predicted octanol–water partition coefficient (Wildman–Crippen LogP) is 3.98. The molecule has 0 radical (unpaired) electrons. The molecule has 0 bridgehead atoms. The molecule has 1 aliphatic carbocycles. The summed E-state index contributed by atoms with van der Waals surface area (Å²) < 4.78 is 0. The molecule has 1 aromatic carbocycles. The Balaban J connectivity index is 1.85. The molecule has 0 fully saturated rings. The van der Waals surface area contributed by atoms with Crippen molar-refractivity contribution >= 4 is 11.3 Å². The van der Waals surface area contributed by atoms with E-state index in [4.69, 9.17) is 5.73 Å². The van der Waals surface area contributed by atoms with Gasteiger partial charge in [0, 0.05) is 36.3 Å². The Morgan fingerprint density at radius 3 is 2.50 bits per heavy atom. The Labute approximate surface area is 180 Å². The second kappa shape index (κ2) is 7.81. The van der Waals surface area contributed by atoms with Crippen LogP contribution in [0.2, 0.25) is 0 Å². The minimum atomic E-state index is -1.56. The second-order valence-electron chi connectivity index (χ2n) is 7.82. The van der Waals surface area contributed by atoms with Gasteiger partial charge in [-0.2, -0.15) is 15.8 Å². The highest BCUT2D eigenvalue weighted by atomic mass is 32.1. The first-order chi connectivity index (χ1) is 14.6. The van der Waals surface area contributed by atoms with Crippen molar-refractivity contribution in [2.24, 2.45) is 17.1 Å². The molecule has 2 heterocycles. The van der Waals surface area contributed by atoms with E-state index in [1.165, 1.54) is 5.56 Å². The van der Waals surface area contributed by atoms with Gasteiger partial charge in [0.2, 0.25) is 0 Å². The highest BCUT2D eigenvalue weighted by Gasteiger charge is 2.55. The van der Waals surface area contributed by atoms with Crippen LogP contribution in [0.4, 0.5) is 0 Å². The molecule has 0 amide bonds. The molecule has 2 atom stereocenters. The summed E-state index contributed by atoms with van der Waals surface area (Å²) in [6.07, 6.45) is 2.05. The Bertz CT molecular complexity index is 1140. The lowest BCUT2D eigenvalue weighted by Gasteiger charge is -2.45. The number of nitriles is 3. The number of rotatable bonds is 3. The molecule has 30 heavy (non-hydrogen) atoms. The maximum absolute atomic E-state index is 10.2. The standard InChI is InChI=1S/C24H21N5S/c1-16-8-10-30-22(16)21-20-13-29(12-17-5-3-2-4-6-17)9-7-18(20)19(11-25)23(28)24(21,14-26)15-27/h2-8,10,20-21H,9,12-13,28H2,1H3. The zero-order chi connectivity index (χ0) is 21.3. The molecule has 0 saturated heterocycles. The average Bonchev–Trinajstić information content (AvgIpc) is 3.19. The monoisotopic (exact) mass is 411 g/mol. The van der Waals surface area contributed by atoms with Gasteiger partial charge in [0.15, 0.2) is 5.41 Å². The smallest absolute Gasteiger partial charge is 0.192 e. The molecule has 148 valence electrons. The Hall–Kier alpha value is -3.37. The minimum absolute atomic E-state index is 0.0896. The fourth-order valence-electron chi connectivity index (χ4n) is 4.69. The molecule has 2 unspecified atom stereocenters. The largest absolute Gasteiger partial charge is 0.399 e. The first-order valence-electron chi connectivity index (χ1n) is 9.79. The van der Waals surface area contributed by atoms with E-state index in [1.54, 1.807) is 11.3 Å². The summed E-state index contributed by atoms with van der Waals surface area (Å²) in [4.78, 5) is 3.30. The summed E-state index contributed by atoms with van der Waals surface area (Å²) in [5, 5.41) is 32.1. The molecule has 2 aliphatic rings. The summed E-state index contributed by atoms with van der Waals surface area (Å²) in [7, 11) is 0. The quantitative estimate of drug-likeness (QED) is 0.823. The van der Waals surface area contributed by atoms with Crippen LogP contribution in [0, 0.1) is 52.2 Å². The normalized spacial score (nSPS) is 22.9. The van der Waals surface area contributed by atoms with Gasteiger partial charge in [0.25, 0.3) is 0 Å². The van der Waals surface area contributed by atoms with Gasteiger partial charge in [0.1, 0.15) is 6.07 Å². The highest BCUT2D eigenvalue weighted by Crippen LogP contribution is 2.55. The lowest BCUT2D eigenvalue weighted by Crippen LogP contribution is -2.47. The predicted molar refractivity (Wildman–Crippen MR) is 116 cm³/mol. The van der Waals surface area contributed by atoms with Gasteiger partial charge in [-0.05, 0) is 35.1 Å². The number of nitrogens with zero attached hydrogens (tertiary/aromatic N) is 4. The number of hydrogen-bond donors (Lipinski definition) is 1. The summed E-state index contributed by atoms with van der Waals surface area (Å²) in [6.45, 7) is 4.12. The van der Waals surface area contributed by atoms with Gasteiger partial charge in [-0.1, -0.05) is 36.4 Å². The third-order valence-corrected chi connectivity index (χ3v) is 7.28. The lowest BCUT2D eigenvalue weighted by molar-refractivity contribution is 0.202. The first kappa shape index (κ1) is 19.9.